The Morgan fingerprint density at radius 3 is 2.72 bits per heavy atom. The molecule has 0 aliphatic carbocycles. The van der Waals surface area contributed by atoms with Gasteiger partial charge in [0.1, 0.15) is 6.04 Å². The predicted octanol–water partition coefficient (Wildman–Crippen LogP) is 3.12. The molecule has 5 nitrogen and oxygen atoms in total. The average molecular weight is 356 g/mol. The molecule has 0 saturated carbocycles. The number of benzene rings is 1. The van der Waals surface area contributed by atoms with Crippen molar-refractivity contribution in [2.24, 2.45) is 0 Å². The number of para-hydroxylation sites is 1. The molecule has 1 aromatic heterocycles. The molecule has 1 atom stereocenters. The summed E-state index contributed by atoms with van der Waals surface area (Å²) in [5.41, 5.74) is 0.975. The quantitative estimate of drug-likeness (QED) is 0.837. The van der Waals surface area contributed by atoms with Crippen molar-refractivity contribution in [2.45, 2.75) is 32.2 Å². The number of nitrogens with zero attached hydrogens (tertiary/aromatic N) is 1. The molecule has 1 N–H and O–H groups in total. The van der Waals surface area contributed by atoms with Crippen LogP contribution in [0.5, 0.6) is 0 Å². The third-order valence-electron chi connectivity index (χ3n) is 4.35. The zero-order valence-corrected chi connectivity index (χ0v) is 14.8. The van der Waals surface area contributed by atoms with Crippen molar-refractivity contribution in [3.63, 3.8) is 0 Å². The van der Waals surface area contributed by atoms with Crippen LogP contribution < -0.4 is 5.32 Å². The second-order valence-corrected chi connectivity index (χ2v) is 7.12. The highest BCUT2D eigenvalue weighted by atomic mass is 32.1. The summed E-state index contributed by atoms with van der Waals surface area (Å²) >= 11 is 1.54. The first-order valence-electron chi connectivity index (χ1n) is 8.29. The molecular weight excluding hydrogens is 336 g/mol. The summed E-state index contributed by atoms with van der Waals surface area (Å²) in [5, 5.41) is 4.77. The predicted molar refractivity (Wildman–Crippen MR) is 97.8 cm³/mol. The van der Waals surface area contributed by atoms with Crippen molar-refractivity contribution in [2.75, 3.05) is 11.9 Å². The molecule has 1 aliphatic heterocycles. The second-order valence-electron chi connectivity index (χ2n) is 6.09. The number of nitrogens with one attached hydrogen (secondary N) is 1. The molecule has 0 spiro atoms. The zero-order chi connectivity index (χ0) is 17.8. The summed E-state index contributed by atoms with van der Waals surface area (Å²) in [6.45, 7) is 2.06. The molecule has 3 rings (SSSR count). The van der Waals surface area contributed by atoms with Gasteiger partial charge < -0.3 is 10.2 Å². The van der Waals surface area contributed by atoms with Gasteiger partial charge in [-0.2, -0.15) is 0 Å². The van der Waals surface area contributed by atoms with Gasteiger partial charge in [0, 0.05) is 17.0 Å². The van der Waals surface area contributed by atoms with Gasteiger partial charge in [-0.15, -0.1) is 11.3 Å². The minimum atomic E-state index is -0.479. The lowest BCUT2D eigenvalue weighted by molar-refractivity contribution is -0.136. The minimum absolute atomic E-state index is 0.0278. The van der Waals surface area contributed by atoms with Crippen molar-refractivity contribution in [3.05, 3.63) is 52.2 Å². The molecule has 1 unspecified atom stereocenters. The Morgan fingerprint density at radius 2 is 2.00 bits per heavy atom. The number of anilines is 1. The van der Waals surface area contributed by atoms with E-state index < -0.39 is 6.04 Å². The van der Waals surface area contributed by atoms with Crippen LogP contribution in [0.15, 0.2) is 41.8 Å². The molecule has 1 aliphatic rings. The minimum Gasteiger partial charge on any atom is -0.330 e. The van der Waals surface area contributed by atoms with E-state index in [1.807, 2.05) is 17.5 Å². The molecule has 0 bridgehead atoms. The summed E-state index contributed by atoms with van der Waals surface area (Å²) in [7, 11) is 0. The van der Waals surface area contributed by atoms with E-state index in [4.69, 9.17) is 0 Å². The van der Waals surface area contributed by atoms with E-state index in [1.165, 1.54) is 6.92 Å². The number of carbonyl (C=O) groups excluding carboxylic acids is 3. The molecule has 1 fully saturated rings. The molecule has 2 amide bonds. The number of rotatable bonds is 5. The Morgan fingerprint density at radius 1 is 1.20 bits per heavy atom. The monoisotopic (exact) mass is 356 g/mol. The van der Waals surface area contributed by atoms with Gasteiger partial charge in [-0.3, -0.25) is 14.4 Å². The maximum absolute atomic E-state index is 12.7. The number of hydrogen-bond donors (Lipinski definition) is 1. The lowest BCUT2D eigenvalue weighted by Crippen LogP contribution is -2.43. The summed E-state index contributed by atoms with van der Waals surface area (Å²) < 4.78 is 0. The number of Topliss-reactive ketones (excluding diaryl/α,β-unsaturated/α-hetero) is 1. The van der Waals surface area contributed by atoms with E-state index in [2.05, 4.69) is 5.32 Å². The van der Waals surface area contributed by atoms with E-state index >= 15 is 0 Å². The number of amides is 2. The Balaban J connectivity index is 1.71. The van der Waals surface area contributed by atoms with Crippen LogP contribution in [-0.4, -0.2) is 35.1 Å². The second kappa shape index (κ2) is 7.61. The van der Waals surface area contributed by atoms with Gasteiger partial charge in [0.15, 0.2) is 5.78 Å². The summed E-state index contributed by atoms with van der Waals surface area (Å²) in [4.78, 5) is 39.6. The first-order chi connectivity index (χ1) is 12.1. The van der Waals surface area contributed by atoms with Gasteiger partial charge in [0.25, 0.3) is 0 Å². The highest BCUT2D eigenvalue weighted by Crippen LogP contribution is 2.23. The van der Waals surface area contributed by atoms with Gasteiger partial charge in [0.2, 0.25) is 11.8 Å². The maximum atomic E-state index is 12.7. The van der Waals surface area contributed by atoms with Crippen molar-refractivity contribution in [3.8, 4) is 0 Å². The first kappa shape index (κ1) is 17.4. The van der Waals surface area contributed by atoms with Crippen LogP contribution in [0, 0.1) is 0 Å². The van der Waals surface area contributed by atoms with Crippen LogP contribution in [0.1, 0.15) is 35.0 Å². The van der Waals surface area contributed by atoms with Gasteiger partial charge in [-0.1, -0.05) is 18.2 Å². The maximum Gasteiger partial charge on any atom is 0.247 e. The Bertz CT molecular complexity index is 786. The molecule has 25 heavy (non-hydrogen) atoms. The fourth-order valence-electron chi connectivity index (χ4n) is 3.12. The standard InChI is InChI=1S/C19H20N2O3S/c1-13(22)15-7-2-3-8-16(15)20-19(24)17-9-4-10-21(17)18(23)12-14-6-5-11-25-14/h2-3,5-8,11,17H,4,9-10,12H2,1H3,(H,20,24). The smallest absolute Gasteiger partial charge is 0.247 e. The lowest BCUT2D eigenvalue weighted by atomic mass is 10.1. The largest absolute Gasteiger partial charge is 0.330 e. The van der Waals surface area contributed by atoms with Crippen LogP contribution in [-0.2, 0) is 16.0 Å². The number of hydrogen-bond acceptors (Lipinski definition) is 4. The highest BCUT2D eigenvalue weighted by molar-refractivity contribution is 7.10. The van der Waals surface area contributed by atoms with E-state index in [0.29, 0.717) is 30.6 Å². The van der Waals surface area contributed by atoms with Crippen LogP contribution in [0.4, 0.5) is 5.69 Å². The average Bonchev–Trinajstić information content (AvgIpc) is 3.26. The zero-order valence-electron chi connectivity index (χ0n) is 14.0. The van der Waals surface area contributed by atoms with E-state index in [9.17, 15) is 14.4 Å². The van der Waals surface area contributed by atoms with Crippen molar-refractivity contribution in [1.29, 1.82) is 0 Å². The van der Waals surface area contributed by atoms with Crippen LogP contribution in [0.3, 0.4) is 0 Å². The van der Waals surface area contributed by atoms with Gasteiger partial charge in [-0.25, -0.2) is 0 Å². The summed E-state index contributed by atoms with van der Waals surface area (Å²) in [6.07, 6.45) is 1.78. The van der Waals surface area contributed by atoms with Crippen LogP contribution in [0.25, 0.3) is 0 Å². The normalized spacial score (nSPS) is 16.7. The number of thiophene rings is 1. The Hall–Kier alpha value is -2.47. The number of carbonyl (C=O) groups is 3. The molecule has 0 radical (unpaired) electrons. The van der Waals surface area contributed by atoms with Gasteiger partial charge >= 0.3 is 0 Å². The SMILES string of the molecule is CC(=O)c1ccccc1NC(=O)C1CCCN1C(=O)Cc1cccs1. The van der Waals surface area contributed by atoms with Crippen molar-refractivity contribution in [1.82, 2.24) is 4.90 Å². The third kappa shape index (κ3) is 3.96. The number of likely N-dealkylation sites (tertiary alicyclic amines) is 1. The lowest BCUT2D eigenvalue weighted by Gasteiger charge is -2.24. The number of ketones is 1. The van der Waals surface area contributed by atoms with E-state index in [0.717, 1.165) is 11.3 Å². The molecular formula is C19H20N2O3S. The van der Waals surface area contributed by atoms with Crippen molar-refractivity contribution < 1.29 is 14.4 Å². The summed E-state index contributed by atoms with van der Waals surface area (Å²) in [5.74, 6) is -0.362. The van der Waals surface area contributed by atoms with E-state index in [-0.39, 0.29) is 17.6 Å². The summed E-state index contributed by atoms with van der Waals surface area (Å²) in [6, 6.07) is 10.3. The van der Waals surface area contributed by atoms with Crippen LogP contribution >= 0.6 is 11.3 Å². The van der Waals surface area contributed by atoms with Crippen molar-refractivity contribution >= 4 is 34.6 Å². The Labute approximate surface area is 150 Å². The third-order valence-corrected chi connectivity index (χ3v) is 5.22. The van der Waals surface area contributed by atoms with Gasteiger partial charge in [-0.05, 0) is 43.3 Å². The van der Waals surface area contributed by atoms with E-state index in [1.54, 1.807) is 40.5 Å². The Kier molecular flexibility index (Phi) is 5.28. The molecule has 2 heterocycles. The first-order valence-corrected chi connectivity index (χ1v) is 9.17. The van der Waals surface area contributed by atoms with Gasteiger partial charge in [0.05, 0.1) is 12.1 Å². The molecule has 6 heteroatoms. The fourth-order valence-corrected chi connectivity index (χ4v) is 3.81. The highest BCUT2D eigenvalue weighted by Gasteiger charge is 2.34. The fraction of sp³-hybridized carbons (Fsp3) is 0.316. The molecule has 2 aromatic rings. The topological polar surface area (TPSA) is 66.5 Å². The molecule has 1 aromatic carbocycles. The molecule has 1 saturated heterocycles. The van der Waals surface area contributed by atoms with Crippen LogP contribution in [0.2, 0.25) is 0 Å². The molecule has 130 valence electrons.